The molecule has 1 amide bonds. The van der Waals surface area contributed by atoms with Crippen LogP contribution in [0.3, 0.4) is 0 Å². The quantitative estimate of drug-likeness (QED) is 0.757. The average Bonchev–Trinajstić information content (AvgIpc) is 2.55. The zero-order valence-corrected chi connectivity index (χ0v) is 10.2. The van der Waals surface area contributed by atoms with Gasteiger partial charge in [0.25, 0.3) is 0 Å². The molecule has 0 aliphatic heterocycles. The molecule has 0 fully saturated rings. The Morgan fingerprint density at radius 1 is 1.69 bits per heavy atom. The molecule has 1 aromatic heterocycles. The molecular weight excluding hydrogens is 204 g/mol. The van der Waals surface area contributed by atoms with Gasteiger partial charge in [-0.25, -0.2) is 0 Å². The second-order valence-electron chi connectivity index (χ2n) is 4.09. The molecule has 1 rings (SSSR count). The van der Waals surface area contributed by atoms with Crippen LogP contribution in [0.5, 0.6) is 0 Å². The van der Waals surface area contributed by atoms with Crippen molar-refractivity contribution in [3.05, 3.63) is 17.5 Å². The lowest BCUT2D eigenvalue weighted by Crippen LogP contribution is -2.29. The van der Waals surface area contributed by atoms with Crippen molar-refractivity contribution in [3.63, 3.8) is 0 Å². The topological polar surface area (TPSA) is 72.9 Å². The second kappa shape index (κ2) is 5.65. The lowest BCUT2D eigenvalue weighted by Gasteiger charge is -2.06. The van der Waals surface area contributed by atoms with E-state index in [9.17, 15) is 4.79 Å². The standard InChI is InChI=1S/C11H20N4O/c1-4-10-9(7-15(3)14-10)6-13-11(16)5-8(2)12/h7-8H,4-6,12H2,1-3H3,(H,13,16). The largest absolute Gasteiger partial charge is 0.352 e. The summed E-state index contributed by atoms with van der Waals surface area (Å²) in [6.45, 7) is 4.40. The zero-order chi connectivity index (χ0) is 12.1. The Balaban J connectivity index is 2.50. The van der Waals surface area contributed by atoms with Crippen LogP contribution in [0, 0.1) is 0 Å². The monoisotopic (exact) mass is 224 g/mol. The van der Waals surface area contributed by atoms with Crippen LogP contribution in [0.1, 0.15) is 31.5 Å². The second-order valence-corrected chi connectivity index (χ2v) is 4.09. The molecule has 3 N–H and O–H groups in total. The van der Waals surface area contributed by atoms with E-state index in [0.717, 1.165) is 17.7 Å². The van der Waals surface area contributed by atoms with Crippen LogP contribution in [0.25, 0.3) is 0 Å². The molecule has 1 heterocycles. The van der Waals surface area contributed by atoms with Gasteiger partial charge in [-0.2, -0.15) is 5.10 Å². The minimum atomic E-state index is -0.0976. The van der Waals surface area contributed by atoms with Crippen LogP contribution in [-0.2, 0) is 24.8 Å². The molecule has 0 aromatic carbocycles. The first kappa shape index (κ1) is 12.7. The van der Waals surface area contributed by atoms with Gasteiger partial charge < -0.3 is 11.1 Å². The normalized spacial score (nSPS) is 12.5. The van der Waals surface area contributed by atoms with Crippen LogP contribution in [-0.4, -0.2) is 21.7 Å². The van der Waals surface area contributed by atoms with Crippen molar-refractivity contribution in [1.82, 2.24) is 15.1 Å². The number of carbonyl (C=O) groups excluding carboxylic acids is 1. The van der Waals surface area contributed by atoms with E-state index in [1.807, 2.05) is 20.2 Å². The Labute approximate surface area is 96.0 Å². The van der Waals surface area contributed by atoms with Crippen molar-refractivity contribution < 1.29 is 4.79 Å². The number of rotatable bonds is 5. The molecule has 0 saturated heterocycles. The Morgan fingerprint density at radius 2 is 2.38 bits per heavy atom. The van der Waals surface area contributed by atoms with Crippen molar-refractivity contribution >= 4 is 5.91 Å². The first-order chi connectivity index (χ1) is 7.52. The fourth-order valence-corrected chi connectivity index (χ4v) is 1.59. The molecule has 90 valence electrons. The number of aryl methyl sites for hydroxylation is 2. The maximum Gasteiger partial charge on any atom is 0.221 e. The molecule has 0 bridgehead atoms. The molecule has 5 nitrogen and oxygen atoms in total. The fraction of sp³-hybridized carbons (Fsp3) is 0.636. The fourth-order valence-electron chi connectivity index (χ4n) is 1.59. The molecule has 0 aliphatic rings. The molecular formula is C11H20N4O. The Hall–Kier alpha value is -1.36. The number of nitrogens with zero attached hydrogens (tertiary/aromatic N) is 2. The lowest BCUT2D eigenvalue weighted by molar-refractivity contribution is -0.121. The van der Waals surface area contributed by atoms with Crippen LogP contribution >= 0.6 is 0 Å². The third-order valence-electron chi connectivity index (χ3n) is 2.31. The Bertz CT molecular complexity index is 357. The predicted molar refractivity (Wildman–Crippen MR) is 62.7 cm³/mol. The molecule has 16 heavy (non-hydrogen) atoms. The van der Waals surface area contributed by atoms with E-state index in [4.69, 9.17) is 5.73 Å². The molecule has 1 atom stereocenters. The van der Waals surface area contributed by atoms with Crippen molar-refractivity contribution in [3.8, 4) is 0 Å². The van der Waals surface area contributed by atoms with Crippen molar-refractivity contribution in [2.24, 2.45) is 12.8 Å². The van der Waals surface area contributed by atoms with Gasteiger partial charge in [-0.1, -0.05) is 6.92 Å². The minimum absolute atomic E-state index is 0.0130. The third kappa shape index (κ3) is 3.66. The van der Waals surface area contributed by atoms with Crippen molar-refractivity contribution in [2.45, 2.75) is 39.3 Å². The Kier molecular flexibility index (Phi) is 4.49. The predicted octanol–water partition coefficient (Wildman–Crippen LogP) is 0.336. The van der Waals surface area contributed by atoms with Crippen LogP contribution in [0.2, 0.25) is 0 Å². The summed E-state index contributed by atoms with van der Waals surface area (Å²) in [5.41, 5.74) is 7.65. The SMILES string of the molecule is CCc1nn(C)cc1CNC(=O)CC(C)N. The van der Waals surface area contributed by atoms with E-state index >= 15 is 0 Å². The van der Waals surface area contributed by atoms with Gasteiger partial charge in [0.2, 0.25) is 5.91 Å². The highest BCUT2D eigenvalue weighted by Crippen LogP contribution is 2.06. The number of nitrogens with two attached hydrogens (primary N) is 1. The summed E-state index contributed by atoms with van der Waals surface area (Å²) in [7, 11) is 1.88. The molecule has 1 aromatic rings. The number of carbonyl (C=O) groups is 1. The summed E-state index contributed by atoms with van der Waals surface area (Å²) >= 11 is 0. The summed E-state index contributed by atoms with van der Waals surface area (Å²) in [5.74, 6) is -0.0130. The molecule has 0 radical (unpaired) electrons. The van der Waals surface area contributed by atoms with E-state index in [-0.39, 0.29) is 11.9 Å². The van der Waals surface area contributed by atoms with Gasteiger partial charge in [0.15, 0.2) is 0 Å². The molecule has 1 unspecified atom stereocenters. The van der Waals surface area contributed by atoms with Crippen LogP contribution < -0.4 is 11.1 Å². The summed E-state index contributed by atoms with van der Waals surface area (Å²) in [5, 5.41) is 7.15. The summed E-state index contributed by atoms with van der Waals surface area (Å²) in [6.07, 6.45) is 3.17. The molecule has 0 spiro atoms. The maximum atomic E-state index is 11.4. The highest BCUT2D eigenvalue weighted by molar-refractivity contribution is 5.76. The van der Waals surface area contributed by atoms with Gasteiger partial charge in [0.1, 0.15) is 0 Å². The van der Waals surface area contributed by atoms with E-state index in [1.165, 1.54) is 0 Å². The van der Waals surface area contributed by atoms with Gasteiger partial charge in [0.05, 0.1) is 5.69 Å². The molecule has 0 aliphatic carbocycles. The van der Waals surface area contributed by atoms with Gasteiger partial charge in [-0.05, 0) is 13.3 Å². The van der Waals surface area contributed by atoms with E-state index in [1.54, 1.807) is 4.68 Å². The smallest absolute Gasteiger partial charge is 0.221 e. The van der Waals surface area contributed by atoms with Crippen LogP contribution in [0.4, 0.5) is 0 Å². The molecule has 5 heteroatoms. The third-order valence-corrected chi connectivity index (χ3v) is 2.31. The van der Waals surface area contributed by atoms with Gasteiger partial charge >= 0.3 is 0 Å². The van der Waals surface area contributed by atoms with Crippen LogP contribution in [0.15, 0.2) is 6.20 Å². The first-order valence-electron chi connectivity index (χ1n) is 5.56. The maximum absolute atomic E-state index is 11.4. The van der Waals surface area contributed by atoms with E-state index < -0.39 is 0 Å². The van der Waals surface area contributed by atoms with Gasteiger partial charge in [0, 0.05) is 37.8 Å². The van der Waals surface area contributed by atoms with Crippen molar-refractivity contribution in [1.29, 1.82) is 0 Å². The lowest BCUT2D eigenvalue weighted by atomic mass is 10.2. The summed E-state index contributed by atoms with van der Waals surface area (Å²) < 4.78 is 1.77. The average molecular weight is 224 g/mol. The number of hydrogen-bond acceptors (Lipinski definition) is 3. The number of amides is 1. The first-order valence-corrected chi connectivity index (χ1v) is 5.56. The molecule has 0 saturated carbocycles. The van der Waals surface area contributed by atoms with Gasteiger partial charge in [-0.3, -0.25) is 9.48 Å². The highest BCUT2D eigenvalue weighted by Gasteiger charge is 2.08. The van der Waals surface area contributed by atoms with E-state index in [0.29, 0.717) is 13.0 Å². The number of hydrogen-bond donors (Lipinski definition) is 2. The van der Waals surface area contributed by atoms with E-state index in [2.05, 4.69) is 17.3 Å². The minimum Gasteiger partial charge on any atom is -0.352 e. The number of nitrogens with one attached hydrogen (secondary N) is 1. The highest BCUT2D eigenvalue weighted by atomic mass is 16.1. The zero-order valence-electron chi connectivity index (χ0n) is 10.2. The summed E-state index contributed by atoms with van der Waals surface area (Å²) in [6, 6.07) is -0.0976. The van der Waals surface area contributed by atoms with Crippen molar-refractivity contribution in [2.75, 3.05) is 0 Å². The summed E-state index contributed by atoms with van der Waals surface area (Å²) in [4.78, 5) is 11.4. The number of aromatic nitrogens is 2. The van der Waals surface area contributed by atoms with Gasteiger partial charge in [-0.15, -0.1) is 0 Å². The Morgan fingerprint density at radius 3 is 2.94 bits per heavy atom.